The van der Waals surface area contributed by atoms with Crippen LogP contribution < -0.4 is 20.0 Å². The summed E-state index contributed by atoms with van der Waals surface area (Å²) in [5.41, 5.74) is 5.04. The number of hydrazine groups is 1. The average Bonchev–Trinajstić information content (AvgIpc) is 3.61. The largest absolute Gasteiger partial charge is 0.504 e. The number of hydrogen-bond donors (Lipinski definition) is 2. The van der Waals surface area contributed by atoms with Crippen molar-refractivity contribution in [1.29, 1.82) is 0 Å². The molecule has 0 aromatic heterocycles. The van der Waals surface area contributed by atoms with Crippen LogP contribution in [0.15, 0.2) is 103 Å². The van der Waals surface area contributed by atoms with E-state index in [-0.39, 0.29) is 42.8 Å². The van der Waals surface area contributed by atoms with E-state index in [0.29, 0.717) is 40.7 Å². The predicted octanol–water partition coefficient (Wildman–Crippen LogP) is 6.61. The van der Waals surface area contributed by atoms with Gasteiger partial charge in [-0.3, -0.25) is 29.5 Å². The number of benzene rings is 4. The first-order chi connectivity index (χ1) is 27.6. The minimum atomic E-state index is -1.56. The molecular formula is C44H40ClFN4O7. The van der Waals surface area contributed by atoms with Gasteiger partial charge in [0.05, 0.1) is 54.4 Å². The van der Waals surface area contributed by atoms with Gasteiger partial charge >= 0.3 is 0 Å². The highest BCUT2D eigenvalue weighted by Gasteiger charge is 2.70. The Morgan fingerprint density at radius 2 is 1.58 bits per heavy atom. The maximum Gasteiger partial charge on any atom is 0.260 e. The number of rotatable bonds is 8. The quantitative estimate of drug-likeness (QED) is 0.150. The molecule has 3 saturated heterocycles. The molecule has 292 valence electrons. The van der Waals surface area contributed by atoms with Crippen LogP contribution in [0.5, 0.6) is 11.5 Å². The van der Waals surface area contributed by atoms with E-state index in [1.807, 2.05) is 18.2 Å². The number of allylic oxidation sites excluding steroid dienone is 2. The molecule has 4 amide bonds. The molecule has 4 fully saturated rings. The predicted molar refractivity (Wildman–Crippen MR) is 210 cm³/mol. The third-order valence-corrected chi connectivity index (χ3v) is 12.6. The average molecular weight is 791 g/mol. The molecule has 4 aromatic carbocycles. The first-order valence-corrected chi connectivity index (χ1v) is 19.6. The Morgan fingerprint density at radius 3 is 2.28 bits per heavy atom. The fourth-order valence-electron chi connectivity index (χ4n) is 9.90. The maximum atomic E-state index is 15.4. The van der Waals surface area contributed by atoms with Crippen molar-refractivity contribution in [3.63, 3.8) is 0 Å². The molecule has 5 aliphatic rings. The van der Waals surface area contributed by atoms with E-state index >= 15 is 4.79 Å². The number of imide groups is 2. The molecule has 0 radical (unpaired) electrons. The van der Waals surface area contributed by atoms with Crippen molar-refractivity contribution in [1.82, 2.24) is 5.01 Å². The summed E-state index contributed by atoms with van der Waals surface area (Å²) in [5.74, 6) is -6.02. The van der Waals surface area contributed by atoms with Crippen molar-refractivity contribution in [3.8, 4) is 11.5 Å². The van der Waals surface area contributed by atoms with Gasteiger partial charge in [-0.15, -0.1) is 0 Å². The number of nitrogens with one attached hydrogen (secondary N) is 1. The first-order valence-electron chi connectivity index (χ1n) is 19.2. The molecule has 2 aliphatic carbocycles. The normalized spacial score (nSPS) is 26.9. The highest BCUT2D eigenvalue weighted by atomic mass is 35.5. The Kier molecular flexibility index (Phi) is 9.28. The van der Waals surface area contributed by atoms with Gasteiger partial charge in [0.15, 0.2) is 11.5 Å². The van der Waals surface area contributed by atoms with E-state index in [1.165, 1.54) is 35.2 Å². The number of phenolic OH excluding ortho intramolecular Hbond substituents is 1. The van der Waals surface area contributed by atoms with Crippen LogP contribution in [0.1, 0.15) is 36.8 Å². The van der Waals surface area contributed by atoms with Gasteiger partial charge in [0.25, 0.3) is 11.8 Å². The van der Waals surface area contributed by atoms with Gasteiger partial charge in [-0.2, -0.15) is 5.01 Å². The van der Waals surface area contributed by atoms with Crippen LogP contribution in [0.3, 0.4) is 0 Å². The van der Waals surface area contributed by atoms with E-state index < -0.39 is 52.6 Å². The van der Waals surface area contributed by atoms with Crippen molar-refractivity contribution in [2.45, 2.75) is 31.1 Å². The molecule has 0 unspecified atom stereocenters. The second-order valence-corrected chi connectivity index (χ2v) is 15.6. The number of phenols is 1. The van der Waals surface area contributed by atoms with E-state index in [0.717, 1.165) is 29.4 Å². The maximum absolute atomic E-state index is 15.4. The highest BCUT2D eigenvalue weighted by molar-refractivity contribution is 6.30. The monoisotopic (exact) mass is 790 g/mol. The summed E-state index contributed by atoms with van der Waals surface area (Å²) in [7, 11) is 0. The smallest absolute Gasteiger partial charge is 0.260 e. The Labute approximate surface area is 333 Å². The fourth-order valence-corrected chi connectivity index (χ4v) is 10.0. The number of nitrogens with zero attached hydrogens (tertiary/aromatic N) is 3. The third kappa shape index (κ3) is 5.87. The number of carbonyl (C=O) groups excluding carboxylic acids is 4. The third-order valence-electron chi connectivity index (χ3n) is 12.4. The van der Waals surface area contributed by atoms with Crippen molar-refractivity contribution >= 4 is 52.3 Å². The summed E-state index contributed by atoms with van der Waals surface area (Å²) >= 11 is 6.40. The number of carbonyl (C=O) groups is 4. The van der Waals surface area contributed by atoms with Gasteiger partial charge in [0, 0.05) is 29.7 Å². The van der Waals surface area contributed by atoms with Crippen molar-refractivity contribution in [3.05, 3.63) is 125 Å². The number of aromatic hydroxyl groups is 1. The molecule has 11 nitrogen and oxygen atoms in total. The standard InChI is InChI=1S/C44H40ClFN4O7/c1-2-57-37-23-25(3-18-36(37)51)39-32-16-17-33-38(42(54)49(40(33)52)31-14-12-30(13-15-31)48-19-21-56-22-20-48)34(32)24-35-41(53)50(47-29-10-8-28(46)9-11-29)43(55)44(35,39)26-4-6-27(45)7-5-26/h3-16,18,23,33-35,38-39,47,51H,2,17,19-22,24H2,1H3/t33-,34+,35-,38-,39-,44+/m0/s1. The van der Waals surface area contributed by atoms with E-state index in [2.05, 4.69) is 10.3 Å². The number of halogens is 2. The van der Waals surface area contributed by atoms with Gasteiger partial charge < -0.3 is 19.5 Å². The lowest BCUT2D eigenvalue weighted by molar-refractivity contribution is -0.138. The number of amides is 4. The zero-order valence-corrected chi connectivity index (χ0v) is 31.8. The minimum Gasteiger partial charge on any atom is -0.504 e. The molecular weight excluding hydrogens is 751 g/mol. The molecule has 3 heterocycles. The number of hydrogen-bond acceptors (Lipinski definition) is 9. The Morgan fingerprint density at radius 1 is 0.877 bits per heavy atom. The first kappa shape index (κ1) is 36.9. The van der Waals surface area contributed by atoms with Crippen LogP contribution in [-0.4, -0.2) is 66.7 Å². The van der Waals surface area contributed by atoms with Crippen LogP contribution >= 0.6 is 11.6 Å². The molecule has 0 bridgehead atoms. The summed E-state index contributed by atoms with van der Waals surface area (Å²) in [6.45, 7) is 4.78. The van der Waals surface area contributed by atoms with Crippen LogP contribution in [-0.2, 0) is 29.3 Å². The lowest BCUT2D eigenvalue weighted by atomic mass is 9.49. The Hall–Kier alpha value is -5.72. The molecule has 57 heavy (non-hydrogen) atoms. The number of ether oxygens (including phenoxy) is 2. The molecule has 0 spiro atoms. The summed E-state index contributed by atoms with van der Waals surface area (Å²) in [5, 5.41) is 12.3. The highest BCUT2D eigenvalue weighted by Crippen LogP contribution is 2.64. The SMILES string of the molecule is CCOc1cc([C@H]2C3=CC[C@@H]4C(=O)N(c5ccc(N6CCOCC6)cc5)C(=O)[C@@H]4[C@@H]3C[C@H]3C(=O)N(Nc4ccc(F)cc4)C(=O)[C@@]23c2ccc(Cl)cc2)ccc1O. The topological polar surface area (TPSA) is 129 Å². The van der Waals surface area contributed by atoms with Crippen LogP contribution in [0.2, 0.25) is 5.02 Å². The summed E-state index contributed by atoms with van der Waals surface area (Å²) in [4.78, 5) is 62.8. The molecule has 9 rings (SSSR count). The van der Waals surface area contributed by atoms with Gasteiger partial charge in [0.2, 0.25) is 11.8 Å². The number of fused-ring (bicyclic) bond motifs is 4. The fraction of sp³-hybridized carbons (Fsp3) is 0.318. The minimum absolute atomic E-state index is 0.0944. The van der Waals surface area contributed by atoms with Crippen LogP contribution in [0, 0.1) is 29.5 Å². The zero-order chi connectivity index (χ0) is 39.6. The second-order valence-electron chi connectivity index (χ2n) is 15.2. The van der Waals surface area contributed by atoms with E-state index in [9.17, 15) is 23.9 Å². The molecule has 2 N–H and O–H groups in total. The molecule has 6 atom stereocenters. The van der Waals surface area contributed by atoms with Crippen molar-refractivity contribution in [2.75, 3.05) is 48.1 Å². The van der Waals surface area contributed by atoms with Gasteiger partial charge in [-0.25, -0.2) is 4.39 Å². The molecule has 13 heteroatoms. The molecule has 3 aliphatic heterocycles. The van der Waals surface area contributed by atoms with Crippen LogP contribution in [0.4, 0.5) is 21.5 Å². The second kappa shape index (κ2) is 14.3. The van der Waals surface area contributed by atoms with Crippen LogP contribution in [0.25, 0.3) is 0 Å². The Balaban J connectivity index is 1.17. The zero-order valence-electron chi connectivity index (χ0n) is 31.1. The lowest BCUT2D eigenvalue weighted by Crippen LogP contribution is -2.53. The van der Waals surface area contributed by atoms with Gasteiger partial charge in [0.1, 0.15) is 5.82 Å². The summed E-state index contributed by atoms with van der Waals surface area (Å²) in [6.07, 6.45) is 2.32. The number of morpholine rings is 1. The lowest BCUT2D eigenvalue weighted by Gasteiger charge is -2.50. The number of anilines is 3. The van der Waals surface area contributed by atoms with E-state index in [4.69, 9.17) is 21.1 Å². The molecule has 1 saturated carbocycles. The van der Waals surface area contributed by atoms with Crippen molar-refractivity contribution in [2.24, 2.45) is 23.7 Å². The Bertz CT molecular complexity index is 2300. The summed E-state index contributed by atoms with van der Waals surface area (Å²) in [6, 6.07) is 24.5. The van der Waals surface area contributed by atoms with Gasteiger partial charge in [-0.05, 0) is 110 Å². The van der Waals surface area contributed by atoms with Gasteiger partial charge in [-0.1, -0.05) is 41.4 Å². The molecule has 4 aromatic rings. The van der Waals surface area contributed by atoms with Crippen molar-refractivity contribution < 1.29 is 38.1 Å². The summed E-state index contributed by atoms with van der Waals surface area (Å²) < 4.78 is 25.3. The van der Waals surface area contributed by atoms with E-state index in [1.54, 1.807) is 55.5 Å².